The predicted octanol–water partition coefficient (Wildman–Crippen LogP) is 12.0. The van der Waals surface area contributed by atoms with Crippen LogP contribution in [0.2, 0.25) is 0 Å². The minimum atomic E-state index is -3.28. The number of hydrogen-bond acceptors (Lipinski definition) is 4. The zero-order valence-electron chi connectivity index (χ0n) is 32.2. The number of alkyl halides is 1. The Morgan fingerprint density at radius 2 is 1.02 bits per heavy atom. The van der Waals surface area contributed by atoms with Gasteiger partial charge in [-0.1, -0.05) is 147 Å². The lowest BCUT2D eigenvalue weighted by molar-refractivity contribution is -0.157. The Hall–Kier alpha value is -1.29. The fraction of sp³-hybridized carbons (Fsp3) is 0.838. The highest BCUT2D eigenvalue weighted by Gasteiger charge is 2.16. The number of hydrogen-bond donors (Lipinski definition) is 0. The Morgan fingerprint density at radius 1 is 0.619 bits per heavy atom. The van der Waals surface area contributed by atoms with Crippen molar-refractivity contribution in [3.63, 3.8) is 0 Å². The number of unbranched alkanes of at least 4 members (excludes halogenated alkanes) is 20. The van der Waals surface area contributed by atoms with Gasteiger partial charge < -0.3 is 9.47 Å². The summed E-state index contributed by atoms with van der Waals surface area (Å²) in [5.74, 6) is -5.01. The molecule has 0 saturated carbocycles. The fourth-order valence-electron chi connectivity index (χ4n) is 4.75. The summed E-state index contributed by atoms with van der Waals surface area (Å²) in [4.78, 5) is 24.9. The molecular weight excluding hydrogens is 544 g/mol. The summed E-state index contributed by atoms with van der Waals surface area (Å²) in [7, 11) is 0. The van der Waals surface area contributed by atoms with Crippen molar-refractivity contribution in [3.8, 4) is 0 Å². The van der Waals surface area contributed by atoms with Crippen LogP contribution in [0.4, 0.5) is 0 Å². The molecule has 4 nitrogen and oxygen atoms in total. The van der Waals surface area contributed by atoms with Crippen LogP contribution in [0.25, 0.3) is 0 Å². The second-order valence-corrected chi connectivity index (χ2v) is 11.6. The number of rotatable bonds is 32. The maximum absolute atomic E-state index is 12.5. The van der Waals surface area contributed by atoms with E-state index in [0.29, 0.717) is 12.8 Å². The maximum Gasteiger partial charge on any atom is 0.306 e. The molecule has 1 atom stereocenters. The molecule has 0 heterocycles. The topological polar surface area (TPSA) is 52.6 Å². The molecule has 0 saturated heterocycles. The van der Waals surface area contributed by atoms with Gasteiger partial charge in [0.15, 0.2) is 0 Å². The number of allylic oxidation sites excluding steroid dienone is 4. The summed E-state index contributed by atoms with van der Waals surface area (Å²) < 4.78 is 50.1. The molecule has 246 valence electrons. The summed E-state index contributed by atoms with van der Waals surface area (Å²) in [6.07, 6.45) is 31.3. The van der Waals surface area contributed by atoms with Crippen LogP contribution in [-0.2, 0) is 19.1 Å². The van der Waals surface area contributed by atoms with Crippen molar-refractivity contribution in [2.24, 2.45) is 0 Å². The first-order valence-corrected chi connectivity index (χ1v) is 17.7. The van der Waals surface area contributed by atoms with Crippen molar-refractivity contribution >= 4 is 23.5 Å². The third-order valence-electron chi connectivity index (χ3n) is 7.38. The van der Waals surface area contributed by atoms with Gasteiger partial charge in [0.25, 0.3) is 0 Å². The number of halogens is 1. The van der Waals surface area contributed by atoms with Crippen LogP contribution in [-0.4, -0.2) is 30.4 Å². The van der Waals surface area contributed by atoms with E-state index in [9.17, 15) is 9.59 Å². The largest absolute Gasteiger partial charge is 0.462 e. The normalized spacial score (nSPS) is 15.5. The molecular formula is C37H67ClO4. The predicted molar refractivity (Wildman–Crippen MR) is 181 cm³/mol. The molecule has 5 heteroatoms. The van der Waals surface area contributed by atoms with Gasteiger partial charge >= 0.3 is 11.9 Å². The molecule has 0 spiro atoms. The summed E-state index contributed by atoms with van der Waals surface area (Å²) in [5.41, 5.74) is 0. The lowest BCUT2D eigenvalue weighted by Gasteiger charge is -2.15. The first-order chi connectivity index (χ1) is 22.4. The van der Waals surface area contributed by atoms with E-state index in [-0.39, 0.29) is 12.8 Å². The van der Waals surface area contributed by atoms with E-state index in [1.165, 1.54) is 70.6 Å². The standard InChI is InChI=1S/C37H67ClO4/c1-3-5-7-9-11-13-15-17-18-20-22-24-26-28-30-32-37(40)42-35(33-38)34-41-36(39)31-29-27-25-23-21-19-16-14-12-10-8-6-4-2/h11,13,17-18,35H,3-10,12,14-16,19-34H2,1-2H3/i33D2,34D2,35D. The molecule has 0 aliphatic carbocycles. The molecule has 0 N–H and O–H groups in total. The van der Waals surface area contributed by atoms with E-state index in [0.717, 1.165) is 70.6 Å². The first kappa shape index (κ1) is 32.1. The van der Waals surface area contributed by atoms with Crippen LogP contribution >= 0.6 is 11.6 Å². The average molecular weight is 616 g/mol. The molecule has 1 unspecified atom stereocenters. The van der Waals surface area contributed by atoms with Gasteiger partial charge in [-0.25, -0.2) is 0 Å². The van der Waals surface area contributed by atoms with Gasteiger partial charge in [0.2, 0.25) is 0 Å². The zero-order chi connectivity index (χ0) is 35.3. The highest BCUT2D eigenvalue weighted by atomic mass is 35.5. The van der Waals surface area contributed by atoms with Crippen molar-refractivity contribution in [2.75, 3.05) is 12.4 Å². The van der Waals surface area contributed by atoms with Gasteiger partial charge in [-0.05, 0) is 44.9 Å². The summed E-state index contributed by atoms with van der Waals surface area (Å²) in [6, 6.07) is 0. The second-order valence-electron chi connectivity index (χ2n) is 11.4. The summed E-state index contributed by atoms with van der Waals surface area (Å²) >= 11 is 5.71. The van der Waals surface area contributed by atoms with Crippen molar-refractivity contribution in [1.29, 1.82) is 0 Å². The summed E-state index contributed by atoms with van der Waals surface area (Å²) in [6.45, 7) is 1.16. The van der Waals surface area contributed by atoms with E-state index in [4.69, 9.17) is 27.9 Å². The Bertz CT molecular complexity index is 847. The van der Waals surface area contributed by atoms with Crippen LogP contribution < -0.4 is 0 Å². The van der Waals surface area contributed by atoms with Gasteiger partial charge in [0, 0.05) is 15.6 Å². The monoisotopic (exact) mass is 616 g/mol. The lowest BCUT2D eigenvalue weighted by atomic mass is 10.0. The Kier molecular flexibility index (Phi) is 26.2. The van der Waals surface area contributed by atoms with Gasteiger partial charge in [0.1, 0.15) is 12.6 Å². The first-order valence-electron chi connectivity index (χ1n) is 19.8. The van der Waals surface area contributed by atoms with Crippen LogP contribution in [0.1, 0.15) is 188 Å². The SMILES string of the molecule is [2H]C([2H])(Cl)C([2H])(OC(=O)CCCCCCCC=CCC=CCCCCC)C([2H])([2H])OC(=O)CCCCCCCCCCCCCCC. The van der Waals surface area contributed by atoms with Gasteiger partial charge in [-0.15, -0.1) is 11.6 Å². The van der Waals surface area contributed by atoms with Crippen molar-refractivity contribution in [2.45, 2.75) is 187 Å². The van der Waals surface area contributed by atoms with Crippen LogP contribution in [0.3, 0.4) is 0 Å². The van der Waals surface area contributed by atoms with Crippen LogP contribution in [0, 0.1) is 0 Å². The minimum absolute atomic E-state index is 0.0709. The molecule has 0 aliphatic heterocycles. The van der Waals surface area contributed by atoms with Gasteiger partial charge in [-0.3, -0.25) is 9.59 Å². The van der Waals surface area contributed by atoms with Crippen molar-refractivity contribution < 1.29 is 25.9 Å². The van der Waals surface area contributed by atoms with E-state index < -0.39 is 30.4 Å². The van der Waals surface area contributed by atoms with Crippen molar-refractivity contribution in [1.82, 2.24) is 0 Å². The average Bonchev–Trinajstić information content (AvgIpc) is 3.00. The van der Waals surface area contributed by atoms with E-state index in [1.807, 2.05) is 0 Å². The Labute approximate surface area is 272 Å². The van der Waals surface area contributed by atoms with Crippen LogP contribution in [0.15, 0.2) is 24.3 Å². The summed E-state index contributed by atoms with van der Waals surface area (Å²) in [5, 5.41) is 0. The molecule has 0 bridgehead atoms. The van der Waals surface area contributed by atoms with Gasteiger partial charge in [-0.2, -0.15) is 0 Å². The molecule has 42 heavy (non-hydrogen) atoms. The second kappa shape index (κ2) is 34.2. The quantitative estimate of drug-likeness (QED) is 0.0327. The molecule has 0 aromatic rings. The fourth-order valence-corrected chi connectivity index (χ4v) is 4.82. The number of ether oxygens (including phenoxy) is 2. The highest BCUT2D eigenvalue weighted by molar-refractivity contribution is 6.18. The molecule has 0 fully saturated rings. The molecule has 0 radical (unpaired) electrons. The highest BCUT2D eigenvalue weighted by Crippen LogP contribution is 2.14. The zero-order valence-corrected chi connectivity index (χ0v) is 28.0. The molecule has 0 aliphatic rings. The van der Waals surface area contributed by atoms with Gasteiger partial charge in [0.05, 0.1) is 9.94 Å². The van der Waals surface area contributed by atoms with Crippen LogP contribution in [0.5, 0.6) is 0 Å². The van der Waals surface area contributed by atoms with E-state index in [2.05, 4.69) is 38.2 Å². The number of esters is 2. The third kappa shape index (κ3) is 31.6. The Morgan fingerprint density at radius 3 is 1.52 bits per heavy atom. The Balaban J connectivity index is 4.27. The maximum atomic E-state index is 12.5. The molecule has 0 aromatic heterocycles. The number of carbonyl (C=O) groups excluding carboxylic acids is 2. The molecule has 0 aromatic carbocycles. The third-order valence-corrected chi connectivity index (χ3v) is 7.55. The van der Waals surface area contributed by atoms with E-state index >= 15 is 0 Å². The van der Waals surface area contributed by atoms with E-state index in [1.54, 1.807) is 0 Å². The van der Waals surface area contributed by atoms with Crippen molar-refractivity contribution in [3.05, 3.63) is 24.3 Å². The number of carbonyl (C=O) groups is 2. The molecule has 0 rings (SSSR count). The smallest absolute Gasteiger partial charge is 0.306 e. The lowest BCUT2D eigenvalue weighted by Crippen LogP contribution is -2.26. The molecule has 0 amide bonds. The minimum Gasteiger partial charge on any atom is -0.462 e.